The quantitative estimate of drug-likeness (QED) is 0.492. The molecule has 0 saturated carbocycles. The standard InChI is InChI=1S/C20H24N4O4/c1-4-24-16-6-5-13(9-21-17(12(3)25)20(27)28)8-15(16)23-18(24)14-7-11(2)19(26)22-10-14/h5-8,10,12,17,21,25H,4,9H2,1-3H3,(H,22,26)(H,27,28)/t12-,17+/m1/s1. The minimum Gasteiger partial charge on any atom is -0.480 e. The molecule has 0 unspecified atom stereocenters. The van der Waals surface area contributed by atoms with Gasteiger partial charge in [-0.15, -0.1) is 0 Å². The van der Waals surface area contributed by atoms with Crippen LogP contribution in [0.5, 0.6) is 0 Å². The number of hydrogen-bond donors (Lipinski definition) is 4. The largest absolute Gasteiger partial charge is 0.480 e. The van der Waals surface area contributed by atoms with Crippen LogP contribution in [0.4, 0.5) is 0 Å². The van der Waals surface area contributed by atoms with Crippen molar-refractivity contribution in [1.82, 2.24) is 19.9 Å². The average Bonchev–Trinajstić information content (AvgIpc) is 3.01. The molecule has 148 valence electrons. The molecular weight excluding hydrogens is 360 g/mol. The van der Waals surface area contributed by atoms with E-state index in [1.54, 1.807) is 13.1 Å². The normalized spacial score (nSPS) is 13.6. The predicted molar refractivity (Wildman–Crippen MR) is 106 cm³/mol. The van der Waals surface area contributed by atoms with E-state index in [0.717, 1.165) is 28.0 Å². The number of carbonyl (C=O) groups is 1. The zero-order chi connectivity index (χ0) is 20.4. The van der Waals surface area contributed by atoms with Gasteiger partial charge in [0.25, 0.3) is 5.56 Å². The molecule has 2 atom stereocenters. The zero-order valence-corrected chi connectivity index (χ0v) is 16.1. The van der Waals surface area contributed by atoms with Gasteiger partial charge in [0.15, 0.2) is 0 Å². The van der Waals surface area contributed by atoms with Crippen LogP contribution in [0.15, 0.2) is 35.3 Å². The zero-order valence-electron chi connectivity index (χ0n) is 16.1. The highest BCUT2D eigenvalue weighted by Gasteiger charge is 2.22. The number of nitrogens with one attached hydrogen (secondary N) is 2. The van der Waals surface area contributed by atoms with E-state index in [0.29, 0.717) is 18.7 Å². The highest BCUT2D eigenvalue weighted by Crippen LogP contribution is 2.25. The Labute approximate surface area is 161 Å². The molecule has 1 aromatic carbocycles. The number of aliphatic hydroxyl groups is 1. The van der Waals surface area contributed by atoms with Gasteiger partial charge in [-0.2, -0.15) is 0 Å². The van der Waals surface area contributed by atoms with E-state index in [-0.39, 0.29) is 5.56 Å². The van der Waals surface area contributed by atoms with Crippen molar-refractivity contribution in [2.24, 2.45) is 0 Å². The van der Waals surface area contributed by atoms with Crippen molar-refractivity contribution >= 4 is 17.0 Å². The van der Waals surface area contributed by atoms with E-state index in [4.69, 9.17) is 10.1 Å². The first kappa shape index (κ1) is 19.8. The van der Waals surface area contributed by atoms with Crippen LogP contribution in [-0.2, 0) is 17.9 Å². The van der Waals surface area contributed by atoms with E-state index in [2.05, 4.69) is 14.9 Å². The molecule has 2 aromatic heterocycles. The Kier molecular flexibility index (Phi) is 5.62. The number of hydrogen-bond acceptors (Lipinski definition) is 5. The maximum absolute atomic E-state index is 11.6. The topological polar surface area (TPSA) is 120 Å². The molecule has 0 aliphatic rings. The third-order valence-corrected chi connectivity index (χ3v) is 4.75. The molecule has 3 rings (SSSR count). The summed E-state index contributed by atoms with van der Waals surface area (Å²) in [5, 5.41) is 21.6. The summed E-state index contributed by atoms with van der Waals surface area (Å²) in [7, 11) is 0. The third-order valence-electron chi connectivity index (χ3n) is 4.75. The van der Waals surface area contributed by atoms with Crippen molar-refractivity contribution in [3.63, 3.8) is 0 Å². The number of nitrogens with zero attached hydrogens (tertiary/aromatic N) is 2. The van der Waals surface area contributed by atoms with Gasteiger partial charge >= 0.3 is 5.97 Å². The van der Waals surface area contributed by atoms with E-state index in [1.165, 1.54) is 6.92 Å². The lowest BCUT2D eigenvalue weighted by atomic mass is 10.1. The molecule has 0 fully saturated rings. The molecule has 3 aromatic rings. The average molecular weight is 384 g/mol. The smallest absolute Gasteiger partial charge is 0.323 e. The predicted octanol–water partition coefficient (Wildman–Crippen LogP) is 1.64. The Bertz CT molecular complexity index is 1070. The summed E-state index contributed by atoms with van der Waals surface area (Å²) in [5.74, 6) is -0.337. The number of carboxylic acid groups (broad SMARTS) is 1. The first-order valence-corrected chi connectivity index (χ1v) is 9.15. The molecule has 8 nitrogen and oxygen atoms in total. The Balaban J connectivity index is 1.95. The number of pyridine rings is 1. The van der Waals surface area contributed by atoms with Crippen LogP contribution in [-0.4, -0.2) is 42.9 Å². The minimum absolute atomic E-state index is 0.123. The van der Waals surface area contributed by atoms with E-state index >= 15 is 0 Å². The minimum atomic E-state index is -1.10. The maximum atomic E-state index is 11.6. The van der Waals surface area contributed by atoms with Crippen LogP contribution in [0.25, 0.3) is 22.4 Å². The fourth-order valence-corrected chi connectivity index (χ4v) is 3.24. The van der Waals surface area contributed by atoms with E-state index in [9.17, 15) is 14.7 Å². The number of aromatic nitrogens is 3. The van der Waals surface area contributed by atoms with Gasteiger partial charge in [-0.3, -0.25) is 14.9 Å². The van der Waals surface area contributed by atoms with Crippen molar-refractivity contribution in [2.45, 2.75) is 46.0 Å². The number of benzene rings is 1. The lowest BCUT2D eigenvalue weighted by molar-refractivity contribution is -0.142. The second-order valence-corrected chi connectivity index (χ2v) is 6.84. The van der Waals surface area contributed by atoms with Gasteiger partial charge in [0, 0.05) is 30.4 Å². The summed E-state index contributed by atoms with van der Waals surface area (Å²) in [4.78, 5) is 30.3. The molecule has 0 spiro atoms. The highest BCUT2D eigenvalue weighted by atomic mass is 16.4. The summed E-state index contributed by atoms with van der Waals surface area (Å²) < 4.78 is 2.06. The Hall–Kier alpha value is -2.97. The van der Waals surface area contributed by atoms with Gasteiger partial charge in [0.2, 0.25) is 0 Å². The van der Waals surface area contributed by atoms with Crippen molar-refractivity contribution in [3.05, 3.63) is 51.9 Å². The Morgan fingerprint density at radius 2 is 2.11 bits per heavy atom. The molecule has 4 N–H and O–H groups in total. The number of rotatable bonds is 7. The summed E-state index contributed by atoms with van der Waals surface area (Å²) in [5.41, 5.74) is 3.93. The van der Waals surface area contributed by atoms with Crippen molar-refractivity contribution in [1.29, 1.82) is 0 Å². The van der Waals surface area contributed by atoms with Crippen LogP contribution in [0.2, 0.25) is 0 Å². The number of aliphatic hydroxyl groups excluding tert-OH is 1. The number of fused-ring (bicyclic) bond motifs is 1. The van der Waals surface area contributed by atoms with Crippen LogP contribution in [0.3, 0.4) is 0 Å². The van der Waals surface area contributed by atoms with Gasteiger partial charge in [-0.05, 0) is 44.5 Å². The number of H-pyrrole nitrogens is 1. The van der Waals surface area contributed by atoms with Crippen LogP contribution >= 0.6 is 0 Å². The Morgan fingerprint density at radius 3 is 2.71 bits per heavy atom. The lowest BCUT2D eigenvalue weighted by Crippen LogP contribution is -2.44. The van der Waals surface area contributed by atoms with Crippen molar-refractivity contribution < 1.29 is 15.0 Å². The van der Waals surface area contributed by atoms with Crippen LogP contribution in [0, 0.1) is 6.92 Å². The Morgan fingerprint density at radius 1 is 1.36 bits per heavy atom. The molecule has 0 aliphatic heterocycles. The molecule has 28 heavy (non-hydrogen) atoms. The fraction of sp³-hybridized carbons (Fsp3) is 0.350. The summed E-state index contributed by atoms with van der Waals surface area (Å²) in [6, 6.07) is 6.53. The summed E-state index contributed by atoms with van der Waals surface area (Å²) in [6.07, 6.45) is 0.654. The number of aromatic amines is 1. The first-order valence-electron chi connectivity index (χ1n) is 9.15. The SMILES string of the molecule is CCn1c(-c2c[nH]c(=O)c(C)c2)nc2cc(CN[C@H](C(=O)O)[C@@H](C)O)ccc21. The van der Waals surface area contributed by atoms with Crippen LogP contribution < -0.4 is 10.9 Å². The molecule has 8 heteroatoms. The molecular formula is C20H24N4O4. The van der Waals surface area contributed by atoms with Crippen molar-refractivity contribution in [2.75, 3.05) is 0 Å². The third kappa shape index (κ3) is 3.83. The molecule has 0 amide bonds. The molecule has 0 bridgehead atoms. The van der Waals surface area contributed by atoms with Gasteiger partial charge in [-0.1, -0.05) is 6.07 Å². The van der Waals surface area contributed by atoms with Gasteiger partial charge in [0.05, 0.1) is 17.1 Å². The molecule has 0 radical (unpaired) electrons. The highest BCUT2D eigenvalue weighted by molar-refractivity contribution is 5.81. The van der Waals surface area contributed by atoms with Gasteiger partial charge < -0.3 is 19.8 Å². The van der Waals surface area contributed by atoms with Gasteiger partial charge in [-0.25, -0.2) is 4.98 Å². The molecule has 2 heterocycles. The lowest BCUT2D eigenvalue weighted by Gasteiger charge is -2.17. The first-order chi connectivity index (χ1) is 13.3. The van der Waals surface area contributed by atoms with Crippen molar-refractivity contribution in [3.8, 4) is 11.4 Å². The fourth-order valence-electron chi connectivity index (χ4n) is 3.24. The second kappa shape index (κ2) is 7.95. The molecule has 0 aliphatic carbocycles. The maximum Gasteiger partial charge on any atom is 0.323 e. The summed E-state index contributed by atoms with van der Waals surface area (Å²) in [6.45, 7) is 6.23. The molecule has 0 saturated heterocycles. The van der Waals surface area contributed by atoms with E-state index in [1.807, 2.05) is 31.2 Å². The monoisotopic (exact) mass is 384 g/mol. The number of aryl methyl sites for hydroxylation is 2. The number of carboxylic acids is 1. The van der Waals surface area contributed by atoms with E-state index < -0.39 is 18.1 Å². The number of imidazole rings is 1. The second-order valence-electron chi connectivity index (χ2n) is 6.84. The van der Waals surface area contributed by atoms with Gasteiger partial charge in [0.1, 0.15) is 11.9 Å². The summed E-state index contributed by atoms with van der Waals surface area (Å²) >= 11 is 0. The van der Waals surface area contributed by atoms with Crippen LogP contribution in [0.1, 0.15) is 25.0 Å². The number of aliphatic carboxylic acids is 1.